The van der Waals surface area contributed by atoms with Crippen molar-refractivity contribution < 1.29 is 32.6 Å². The summed E-state index contributed by atoms with van der Waals surface area (Å²) in [7, 11) is -1.16. The fraction of sp³-hybridized carbons (Fsp3) is 0.628. The standard InChI is InChI=1S/C33H39ClN2O5S.C9H20N2O.CH4O/c1-21-5-3-6-26(18-37)28-11-8-25(28)17-36-19-33(14-4-7-23-15-27(34)10-12-29(23)33)20-41-31-13-9-24(16-30(31)36)32(38)35-42(39,40)22(21)2;1-8-6-10-7-9(2)11(8)4-5-12-3;1-2/h3,6,9-10,12-13,15-16,18,21-22,25-26,28H,4-5,7-8,11,14,17,19-20H2,1-2H3,(H,35,38);8-10H,4-7H2,1-3H3;2H,1H3/b6-3+;;/t21-,22+,25-,26?,28+,33-;8-,9+;/m0../s1. The Hall–Kier alpha value is -3.00. The van der Waals surface area contributed by atoms with Crippen LogP contribution >= 0.6 is 11.6 Å². The van der Waals surface area contributed by atoms with Crippen molar-refractivity contribution in [2.75, 3.05) is 65.1 Å². The number of nitrogens with one attached hydrogen (secondary N) is 2. The molecule has 13 heteroatoms. The highest BCUT2D eigenvalue weighted by atomic mass is 35.5. The SMILES string of the molecule is CO.COCCN1[C@H](C)CNC[C@@H]1C.C[C@@H]1[C@@H](C)C/C=C/C(C=O)[C@@H]2CC[C@H]2CN2C[C@@]3(CCCc4cc(Cl)ccc43)COc3ccc(cc32)C(=O)NS1(=O)=O. The molecule has 1 saturated carbocycles. The summed E-state index contributed by atoms with van der Waals surface area (Å²) >= 11 is 6.39. The number of halogens is 1. The zero-order valence-electron chi connectivity index (χ0n) is 34.0. The van der Waals surface area contributed by atoms with Crippen LogP contribution in [-0.2, 0) is 31.4 Å². The van der Waals surface area contributed by atoms with Crippen LogP contribution in [0.5, 0.6) is 5.75 Å². The third-order valence-electron chi connectivity index (χ3n) is 12.8. The van der Waals surface area contributed by atoms with Gasteiger partial charge in [0.05, 0.1) is 24.2 Å². The van der Waals surface area contributed by atoms with Crippen LogP contribution in [0.25, 0.3) is 0 Å². The van der Waals surface area contributed by atoms with Gasteiger partial charge in [0.25, 0.3) is 5.91 Å². The Labute approximate surface area is 339 Å². The number of aryl methyl sites for hydroxylation is 1. The van der Waals surface area contributed by atoms with E-state index in [1.165, 1.54) is 11.1 Å². The molecule has 11 nitrogen and oxygen atoms in total. The fourth-order valence-corrected chi connectivity index (χ4v) is 10.7. The van der Waals surface area contributed by atoms with Gasteiger partial charge in [-0.15, -0.1) is 0 Å². The number of aldehydes is 1. The number of carbonyl (C=O) groups is 2. The van der Waals surface area contributed by atoms with E-state index in [9.17, 15) is 18.0 Å². The summed E-state index contributed by atoms with van der Waals surface area (Å²) in [6, 6.07) is 12.6. The number of anilines is 1. The number of aliphatic hydroxyl groups is 1. The zero-order chi connectivity index (χ0) is 40.6. The first kappa shape index (κ1) is 44.1. The average molecular weight is 816 g/mol. The van der Waals surface area contributed by atoms with Crippen LogP contribution in [0.3, 0.4) is 0 Å². The number of hydrogen-bond acceptors (Lipinski definition) is 10. The Morgan fingerprint density at radius 3 is 2.50 bits per heavy atom. The lowest BCUT2D eigenvalue weighted by molar-refractivity contribution is -0.112. The van der Waals surface area contributed by atoms with E-state index in [1.54, 1.807) is 32.2 Å². The van der Waals surface area contributed by atoms with Crippen molar-refractivity contribution in [1.29, 1.82) is 0 Å². The molecule has 2 fully saturated rings. The second-order valence-electron chi connectivity index (χ2n) is 16.4. The van der Waals surface area contributed by atoms with Gasteiger partial charge >= 0.3 is 0 Å². The van der Waals surface area contributed by atoms with Gasteiger partial charge in [-0.1, -0.05) is 36.7 Å². The second kappa shape index (κ2) is 19.6. The minimum absolute atomic E-state index is 0.212. The van der Waals surface area contributed by atoms with Gasteiger partial charge in [0, 0.05) is 80.9 Å². The summed E-state index contributed by atoms with van der Waals surface area (Å²) in [5.41, 5.74) is 3.30. The smallest absolute Gasteiger partial charge is 0.264 e. The summed E-state index contributed by atoms with van der Waals surface area (Å²) < 4.78 is 40.3. The molecular formula is C43H63ClN4O7S. The largest absolute Gasteiger partial charge is 0.490 e. The number of methoxy groups -OCH3 is 1. The molecule has 3 heterocycles. The van der Waals surface area contributed by atoms with Gasteiger partial charge in [-0.3, -0.25) is 9.69 Å². The number of carbonyl (C=O) groups excluding carboxylic acids is 2. The summed E-state index contributed by atoms with van der Waals surface area (Å²) in [5.74, 6) is 0.121. The molecule has 56 heavy (non-hydrogen) atoms. The lowest BCUT2D eigenvalue weighted by atomic mass is 9.66. The third-order valence-corrected chi connectivity index (χ3v) is 15.0. The van der Waals surface area contributed by atoms with Crippen molar-refractivity contribution in [3.63, 3.8) is 0 Å². The van der Waals surface area contributed by atoms with Crippen molar-refractivity contribution in [1.82, 2.24) is 14.9 Å². The minimum Gasteiger partial charge on any atom is -0.490 e. The first-order valence-corrected chi connectivity index (χ1v) is 22.2. The number of nitrogens with zero attached hydrogens (tertiary/aromatic N) is 2. The maximum Gasteiger partial charge on any atom is 0.264 e. The number of amides is 1. The normalized spacial score (nSPS) is 31.9. The first-order chi connectivity index (χ1) is 26.9. The van der Waals surface area contributed by atoms with E-state index >= 15 is 0 Å². The number of aliphatic hydroxyl groups excluding tert-OH is 1. The quantitative estimate of drug-likeness (QED) is 0.264. The van der Waals surface area contributed by atoms with Crippen LogP contribution in [0.2, 0.25) is 5.02 Å². The van der Waals surface area contributed by atoms with Crippen LogP contribution in [-0.4, -0.2) is 108 Å². The number of benzene rings is 2. The molecule has 2 aromatic carbocycles. The maximum absolute atomic E-state index is 13.3. The zero-order valence-corrected chi connectivity index (χ0v) is 35.6. The van der Waals surface area contributed by atoms with Crippen molar-refractivity contribution in [2.24, 2.45) is 23.7 Å². The van der Waals surface area contributed by atoms with E-state index in [1.807, 2.05) is 25.1 Å². The maximum atomic E-state index is 13.3. The highest BCUT2D eigenvalue weighted by Gasteiger charge is 2.44. The van der Waals surface area contributed by atoms with E-state index in [4.69, 9.17) is 26.2 Å². The Balaban J connectivity index is 0.000000365. The average Bonchev–Trinajstić information content (AvgIpc) is 3.32. The van der Waals surface area contributed by atoms with E-state index in [0.29, 0.717) is 43.3 Å². The number of fused-ring (bicyclic) bond motifs is 4. The molecule has 3 N–H and O–H groups in total. The summed E-state index contributed by atoms with van der Waals surface area (Å²) in [6.45, 7) is 14.0. The number of piperazine rings is 1. The predicted molar refractivity (Wildman–Crippen MR) is 223 cm³/mol. The molecule has 2 bridgehead atoms. The molecule has 7 rings (SSSR count). The van der Waals surface area contributed by atoms with Gasteiger partial charge < -0.3 is 29.6 Å². The van der Waals surface area contributed by atoms with Gasteiger partial charge in [-0.2, -0.15) is 0 Å². The van der Waals surface area contributed by atoms with E-state index in [-0.39, 0.29) is 28.7 Å². The Kier molecular flexibility index (Phi) is 15.5. The van der Waals surface area contributed by atoms with Gasteiger partial charge in [0.2, 0.25) is 10.0 Å². The molecule has 1 unspecified atom stereocenters. The highest BCUT2D eigenvalue weighted by molar-refractivity contribution is 7.90. The number of sulfonamides is 1. The van der Waals surface area contributed by atoms with E-state index in [2.05, 4.69) is 45.8 Å². The predicted octanol–water partition coefficient (Wildman–Crippen LogP) is 5.62. The van der Waals surface area contributed by atoms with E-state index < -0.39 is 21.2 Å². The van der Waals surface area contributed by atoms with Gasteiger partial charge in [0.1, 0.15) is 12.0 Å². The number of rotatable bonds is 4. The second-order valence-corrected chi connectivity index (χ2v) is 18.9. The summed E-state index contributed by atoms with van der Waals surface area (Å²) in [4.78, 5) is 30.4. The van der Waals surface area contributed by atoms with Crippen molar-refractivity contribution in [2.45, 2.75) is 89.0 Å². The molecule has 1 spiro atoms. The Morgan fingerprint density at radius 1 is 1.07 bits per heavy atom. The minimum atomic E-state index is -3.92. The molecule has 0 radical (unpaired) electrons. The molecule has 1 amide bonds. The molecule has 8 atom stereocenters. The van der Waals surface area contributed by atoms with Crippen molar-refractivity contribution in [3.8, 4) is 5.75 Å². The summed E-state index contributed by atoms with van der Waals surface area (Å²) in [6.07, 6.45) is 10.4. The molecule has 310 valence electrons. The van der Waals surface area contributed by atoms with E-state index in [0.717, 1.165) is 89.0 Å². The first-order valence-electron chi connectivity index (χ1n) is 20.2. The Morgan fingerprint density at radius 2 is 1.82 bits per heavy atom. The molecule has 3 aliphatic heterocycles. The number of allylic oxidation sites excluding steroid dienone is 2. The van der Waals surface area contributed by atoms with Gasteiger partial charge in [-0.25, -0.2) is 13.1 Å². The molecule has 2 aromatic rings. The molecule has 1 saturated heterocycles. The van der Waals surface area contributed by atoms with Crippen LogP contribution < -0.4 is 19.7 Å². The monoisotopic (exact) mass is 814 g/mol. The van der Waals surface area contributed by atoms with Gasteiger partial charge in [-0.05, 0) is 119 Å². The van der Waals surface area contributed by atoms with Crippen LogP contribution in [0, 0.1) is 23.7 Å². The van der Waals surface area contributed by atoms with Gasteiger partial charge in [0.15, 0.2) is 0 Å². The van der Waals surface area contributed by atoms with Crippen LogP contribution in [0.15, 0.2) is 48.6 Å². The van der Waals surface area contributed by atoms with Crippen molar-refractivity contribution >= 4 is 39.5 Å². The molecule has 2 aliphatic carbocycles. The Bertz CT molecular complexity index is 1780. The lowest BCUT2D eigenvalue weighted by Gasteiger charge is -2.45. The van der Waals surface area contributed by atoms with Crippen LogP contribution in [0.1, 0.15) is 81.3 Å². The highest BCUT2D eigenvalue weighted by Crippen LogP contribution is 2.47. The molecule has 0 aromatic heterocycles. The topological polar surface area (TPSA) is 138 Å². The van der Waals surface area contributed by atoms with Crippen LogP contribution in [0.4, 0.5) is 5.69 Å². The fourth-order valence-electron chi connectivity index (χ4n) is 9.19. The molecular weight excluding hydrogens is 752 g/mol. The number of ether oxygens (including phenoxy) is 2. The summed E-state index contributed by atoms with van der Waals surface area (Å²) in [5, 5.41) is 10.4. The number of hydrogen-bond donors (Lipinski definition) is 3. The van der Waals surface area contributed by atoms with Crippen molar-refractivity contribution in [3.05, 3.63) is 70.3 Å². The molecule has 5 aliphatic rings. The lowest BCUT2D eigenvalue weighted by Crippen LogP contribution is -2.55. The third kappa shape index (κ3) is 9.99.